The molecule has 0 bridgehead atoms. The van der Waals surface area contributed by atoms with Gasteiger partial charge in [-0.1, -0.05) is 0 Å². The molecule has 2 rings (SSSR count). The molecule has 3 atom stereocenters. The van der Waals surface area contributed by atoms with Crippen LogP contribution in [0.1, 0.15) is 0 Å². The highest BCUT2D eigenvalue weighted by Crippen LogP contribution is 2.36. The summed E-state index contributed by atoms with van der Waals surface area (Å²) in [6.45, 7) is -0.0909. The minimum Gasteiger partial charge on any atom is -0.305 e. The third kappa shape index (κ3) is 1.19. The van der Waals surface area contributed by atoms with Crippen LogP contribution in [0.15, 0.2) is 0 Å². The van der Waals surface area contributed by atoms with Gasteiger partial charge >= 0.3 is 6.18 Å². The Hall–Kier alpha value is -1.11. The van der Waals surface area contributed by atoms with E-state index < -0.39 is 35.9 Å². The molecule has 2 N–H and O–H groups in total. The Morgan fingerprint density at radius 3 is 2.43 bits per heavy atom. The van der Waals surface area contributed by atoms with Crippen molar-refractivity contribution < 1.29 is 22.8 Å². The second-order valence-corrected chi connectivity index (χ2v) is 3.41. The molecule has 2 saturated heterocycles. The highest BCUT2D eigenvalue weighted by molar-refractivity contribution is 6.06. The standard InChI is InChI=1S/C7H7F3N2O2/c8-7(9,10)4-3-2(1-11-4)5(13)12-6(3)14/h2-4,11H,1H2,(H,12,13,14)/t2-,3-,4-/m1/s1. The summed E-state index contributed by atoms with van der Waals surface area (Å²) in [5.74, 6) is -3.59. The number of amides is 2. The second-order valence-electron chi connectivity index (χ2n) is 3.41. The van der Waals surface area contributed by atoms with E-state index in [0.717, 1.165) is 0 Å². The zero-order valence-corrected chi connectivity index (χ0v) is 6.89. The van der Waals surface area contributed by atoms with Gasteiger partial charge < -0.3 is 5.32 Å². The average molecular weight is 208 g/mol. The van der Waals surface area contributed by atoms with Crippen molar-refractivity contribution >= 4 is 11.8 Å². The van der Waals surface area contributed by atoms with E-state index >= 15 is 0 Å². The Bertz CT molecular complexity index is 302. The van der Waals surface area contributed by atoms with Crippen LogP contribution in [0.2, 0.25) is 0 Å². The molecule has 78 valence electrons. The van der Waals surface area contributed by atoms with Crippen LogP contribution in [0.5, 0.6) is 0 Å². The lowest BCUT2D eigenvalue weighted by atomic mass is 9.93. The monoisotopic (exact) mass is 208 g/mol. The molecule has 0 aromatic carbocycles. The summed E-state index contributed by atoms with van der Waals surface area (Å²) in [5.41, 5.74) is 0. The fraction of sp³-hybridized carbons (Fsp3) is 0.714. The van der Waals surface area contributed by atoms with Crippen molar-refractivity contribution in [1.29, 1.82) is 0 Å². The molecule has 4 nitrogen and oxygen atoms in total. The summed E-state index contributed by atoms with van der Waals surface area (Å²) in [4.78, 5) is 22.1. The lowest BCUT2D eigenvalue weighted by Gasteiger charge is -2.18. The summed E-state index contributed by atoms with van der Waals surface area (Å²) in [6.07, 6.45) is -4.48. The van der Waals surface area contributed by atoms with E-state index in [0.29, 0.717) is 0 Å². The van der Waals surface area contributed by atoms with Crippen LogP contribution in [0, 0.1) is 11.8 Å². The van der Waals surface area contributed by atoms with Gasteiger partial charge in [-0.25, -0.2) is 0 Å². The van der Waals surface area contributed by atoms with Gasteiger partial charge in [0, 0.05) is 6.54 Å². The molecule has 0 unspecified atom stereocenters. The number of halogens is 3. The summed E-state index contributed by atoms with van der Waals surface area (Å²) >= 11 is 0. The molecule has 0 aromatic heterocycles. The van der Waals surface area contributed by atoms with E-state index in [2.05, 4.69) is 5.32 Å². The maximum Gasteiger partial charge on any atom is 0.404 e. The van der Waals surface area contributed by atoms with Crippen molar-refractivity contribution in [2.75, 3.05) is 6.54 Å². The smallest absolute Gasteiger partial charge is 0.305 e. The number of alkyl halides is 3. The Morgan fingerprint density at radius 2 is 1.86 bits per heavy atom. The van der Waals surface area contributed by atoms with E-state index in [1.807, 2.05) is 5.32 Å². The maximum absolute atomic E-state index is 12.3. The lowest BCUT2D eigenvalue weighted by molar-refractivity contribution is -0.165. The number of carbonyl (C=O) groups excluding carboxylic acids is 2. The van der Waals surface area contributed by atoms with Gasteiger partial charge in [0.2, 0.25) is 11.8 Å². The Morgan fingerprint density at radius 1 is 1.21 bits per heavy atom. The van der Waals surface area contributed by atoms with Crippen LogP contribution in [0.3, 0.4) is 0 Å². The molecular formula is C7H7F3N2O2. The number of hydrogen-bond acceptors (Lipinski definition) is 3. The average Bonchev–Trinajstić information content (AvgIpc) is 2.53. The zero-order valence-electron chi connectivity index (χ0n) is 6.89. The van der Waals surface area contributed by atoms with E-state index in [1.165, 1.54) is 0 Å². The minimum absolute atomic E-state index is 0.0909. The molecule has 0 spiro atoms. The van der Waals surface area contributed by atoms with Gasteiger partial charge in [0.05, 0.1) is 11.8 Å². The minimum atomic E-state index is -4.48. The first-order valence-electron chi connectivity index (χ1n) is 4.06. The number of hydrogen-bond donors (Lipinski definition) is 2. The molecule has 2 aliphatic rings. The van der Waals surface area contributed by atoms with Gasteiger partial charge in [0.1, 0.15) is 6.04 Å². The first kappa shape index (κ1) is 9.45. The van der Waals surface area contributed by atoms with Crippen molar-refractivity contribution in [3.05, 3.63) is 0 Å². The quantitative estimate of drug-likeness (QED) is 0.523. The van der Waals surface area contributed by atoms with Crippen molar-refractivity contribution in [2.24, 2.45) is 11.8 Å². The van der Waals surface area contributed by atoms with E-state index in [-0.39, 0.29) is 6.54 Å². The Balaban J connectivity index is 2.26. The topological polar surface area (TPSA) is 58.2 Å². The maximum atomic E-state index is 12.3. The summed E-state index contributed by atoms with van der Waals surface area (Å²) < 4.78 is 37.0. The molecule has 0 saturated carbocycles. The first-order valence-corrected chi connectivity index (χ1v) is 4.06. The molecule has 0 aliphatic carbocycles. The summed E-state index contributed by atoms with van der Waals surface area (Å²) in [5, 5.41) is 4.06. The molecule has 0 aromatic rings. The van der Waals surface area contributed by atoms with Crippen LogP contribution in [-0.4, -0.2) is 30.6 Å². The fourth-order valence-corrected chi connectivity index (χ4v) is 1.95. The highest BCUT2D eigenvalue weighted by Gasteiger charge is 2.59. The van der Waals surface area contributed by atoms with Crippen molar-refractivity contribution in [3.8, 4) is 0 Å². The number of nitrogens with one attached hydrogen (secondary N) is 2. The van der Waals surface area contributed by atoms with Crippen LogP contribution >= 0.6 is 0 Å². The molecule has 2 amide bonds. The van der Waals surface area contributed by atoms with Crippen LogP contribution in [0.4, 0.5) is 13.2 Å². The number of rotatable bonds is 0. The molecule has 2 fully saturated rings. The van der Waals surface area contributed by atoms with E-state index in [9.17, 15) is 22.8 Å². The summed E-state index contributed by atoms with van der Waals surface area (Å²) in [7, 11) is 0. The molecule has 2 aliphatic heterocycles. The second kappa shape index (κ2) is 2.69. The molecule has 14 heavy (non-hydrogen) atoms. The highest BCUT2D eigenvalue weighted by atomic mass is 19.4. The molecule has 0 radical (unpaired) electrons. The van der Waals surface area contributed by atoms with Gasteiger partial charge in [-0.2, -0.15) is 13.2 Å². The SMILES string of the molecule is O=C1NC(=O)[C@@H]2CN[C@@H](C(F)(F)F)[C@H]12. The predicted octanol–water partition coefficient (Wildman–Crippen LogP) is -0.591. The largest absolute Gasteiger partial charge is 0.404 e. The number of imide groups is 1. The Labute approximate surface area is 76.8 Å². The number of fused-ring (bicyclic) bond motifs is 1. The third-order valence-corrected chi connectivity index (χ3v) is 2.59. The van der Waals surface area contributed by atoms with E-state index in [4.69, 9.17) is 0 Å². The van der Waals surface area contributed by atoms with Crippen molar-refractivity contribution in [3.63, 3.8) is 0 Å². The van der Waals surface area contributed by atoms with Gasteiger partial charge in [-0.05, 0) is 0 Å². The molecule has 2 heterocycles. The Kier molecular flexibility index (Phi) is 1.82. The fourth-order valence-electron chi connectivity index (χ4n) is 1.95. The summed E-state index contributed by atoms with van der Waals surface area (Å²) in [6, 6.07) is -1.89. The molecular weight excluding hydrogens is 201 g/mol. The zero-order chi connectivity index (χ0) is 10.5. The van der Waals surface area contributed by atoms with Crippen molar-refractivity contribution in [2.45, 2.75) is 12.2 Å². The van der Waals surface area contributed by atoms with Gasteiger partial charge in [0.25, 0.3) is 0 Å². The molecule has 7 heteroatoms. The van der Waals surface area contributed by atoms with Crippen molar-refractivity contribution in [1.82, 2.24) is 10.6 Å². The van der Waals surface area contributed by atoms with Crippen LogP contribution in [-0.2, 0) is 9.59 Å². The van der Waals surface area contributed by atoms with E-state index in [1.54, 1.807) is 0 Å². The van der Waals surface area contributed by atoms with Crippen LogP contribution in [0.25, 0.3) is 0 Å². The lowest BCUT2D eigenvalue weighted by Crippen LogP contribution is -2.45. The van der Waals surface area contributed by atoms with Gasteiger partial charge in [0.15, 0.2) is 0 Å². The van der Waals surface area contributed by atoms with Crippen LogP contribution < -0.4 is 10.6 Å². The third-order valence-electron chi connectivity index (χ3n) is 2.59. The first-order chi connectivity index (χ1) is 6.41. The van der Waals surface area contributed by atoms with Gasteiger partial charge in [-0.15, -0.1) is 0 Å². The predicted molar refractivity (Wildman–Crippen MR) is 38.0 cm³/mol. The normalized spacial score (nSPS) is 37.2. The van der Waals surface area contributed by atoms with Gasteiger partial charge in [-0.3, -0.25) is 14.9 Å². The number of carbonyl (C=O) groups is 2.